The lowest BCUT2D eigenvalue weighted by Gasteiger charge is -2.08. The van der Waals surface area contributed by atoms with Crippen LogP contribution in [0.1, 0.15) is 23.2 Å². The van der Waals surface area contributed by atoms with Crippen LogP contribution in [-0.2, 0) is 4.79 Å². The molecular formula is C11H13FN4O4. The van der Waals surface area contributed by atoms with Gasteiger partial charge in [-0.25, -0.2) is 4.39 Å². The van der Waals surface area contributed by atoms with Crippen LogP contribution in [0.15, 0.2) is 12.1 Å². The van der Waals surface area contributed by atoms with Crippen molar-refractivity contribution in [1.29, 1.82) is 0 Å². The van der Waals surface area contributed by atoms with Crippen LogP contribution >= 0.6 is 0 Å². The van der Waals surface area contributed by atoms with Crippen LogP contribution < -0.4 is 16.8 Å². The number of nitro groups is 1. The van der Waals surface area contributed by atoms with E-state index in [4.69, 9.17) is 11.5 Å². The number of nitrogens with zero attached hydrogens (tertiary/aromatic N) is 1. The van der Waals surface area contributed by atoms with Crippen LogP contribution in [0.2, 0.25) is 0 Å². The summed E-state index contributed by atoms with van der Waals surface area (Å²) in [4.78, 5) is 32.1. The Hall–Kier alpha value is -2.71. The van der Waals surface area contributed by atoms with Gasteiger partial charge in [0.05, 0.1) is 4.92 Å². The van der Waals surface area contributed by atoms with Crippen molar-refractivity contribution in [1.82, 2.24) is 5.32 Å². The predicted octanol–water partition coefficient (Wildman–Crippen LogP) is 0.311. The average Bonchev–Trinajstić information content (AvgIpc) is 2.34. The van der Waals surface area contributed by atoms with E-state index in [1.54, 1.807) is 0 Å². The number of amides is 2. The van der Waals surface area contributed by atoms with Gasteiger partial charge in [-0.3, -0.25) is 19.7 Å². The smallest absolute Gasteiger partial charge is 0.293 e. The second kappa shape index (κ2) is 6.45. The van der Waals surface area contributed by atoms with E-state index >= 15 is 0 Å². The summed E-state index contributed by atoms with van der Waals surface area (Å²) < 4.78 is 13.5. The van der Waals surface area contributed by atoms with Crippen LogP contribution in [0.4, 0.5) is 15.8 Å². The largest absolute Gasteiger partial charge is 0.392 e. The normalized spacial score (nSPS) is 10.1. The molecule has 0 aliphatic heterocycles. The van der Waals surface area contributed by atoms with E-state index < -0.39 is 39.5 Å². The van der Waals surface area contributed by atoms with Gasteiger partial charge in [-0.15, -0.1) is 0 Å². The molecule has 0 aliphatic carbocycles. The van der Waals surface area contributed by atoms with Crippen LogP contribution in [0, 0.1) is 15.9 Å². The van der Waals surface area contributed by atoms with Gasteiger partial charge in [0.2, 0.25) is 5.91 Å². The number of rotatable bonds is 6. The number of halogens is 1. The first-order chi connectivity index (χ1) is 9.34. The van der Waals surface area contributed by atoms with Crippen molar-refractivity contribution in [2.45, 2.75) is 12.8 Å². The van der Waals surface area contributed by atoms with Crippen molar-refractivity contribution in [2.24, 2.45) is 5.73 Å². The number of carbonyl (C=O) groups excluding carboxylic acids is 2. The first kappa shape index (κ1) is 15.3. The van der Waals surface area contributed by atoms with E-state index in [-0.39, 0.29) is 19.4 Å². The van der Waals surface area contributed by atoms with Crippen LogP contribution in [-0.4, -0.2) is 23.3 Å². The molecule has 0 aromatic heterocycles. The van der Waals surface area contributed by atoms with Crippen molar-refractivity contribution in [3.05, 3.63) is 33.6 Å². The van der Waals surface area contributed by atoms with Gasteiger partial charge in [-0.2, -0.15) is 0 Å². The molecule has 0 heterocycles. The summed E-state index contributed by atoms with van der Waals surface area (Å²) in [5, 5.41) is 13.0. The lowest BCUT2D eigenvalue weighted by Crippen LogP contribution is -2.27. The minimum Gasteiger partial charge on any atom is -0.392 e. The SMILES string of the molecule is NC(=O)CCCNC(=O)c1c(F)ccc([N+](=O)[O-])c1N. The number of hydrogen-bond donors (Lipinski definition) is 3. The van der Waals surface area contributed by atoms with Gasteiger partial charge in [-0.1, -0.05) is 0 Å². The maximum absolute atomic E-state index is 13.5. The standard InChI is InChI=1S/C11H13FN4O4/c12-6-3-4-7(16(19)20)10(14)9(6)11(18)15-5-1-2-8(13)17/h3-4H,1-2,5,14H2,(H2,13,17)(H,15,18). The number of anilines is 1. The fourth-order valence-electron chi connectivity index (χ4n) is 1.52. The highest BCUT2D eigenvalue weighted by Crippen LogP contribution is 2.27. The molecule has 0 aliphatic rings. The molecule has 0 atom stereocenters. The molecule has 108 valence electrons. The Bertz CT molecular complexity index is 562. The van der Waals surface area contributed by atoms with E-state index in [9.17, 15) is 24.1 Å². The summed E-state index contributed by atoms with van der Waals surface area (Å²) in [7, 11) is 0. The fourth-order valence-corrected chi connectivity index (χ4v) is 1.52. The van der Waals surface area contributed by atoms with Gasteiger partial charge in [0.1, 0.15) is 17.1 Å². The summed E-state index contributed by atoms with van der Waals surface area (Å²) in [6.45, 7) is 0.0728. The third kappa shape index (κ3) is 3.64. The van der Waals surface area contributed by atoms with E-state index in [0.29, 0.717) is 0 Å². The average molecular weight is 284 g/mol. The number of hydrogen-bond acceptors (Lipinski definition) is 5. The zero-order valence-corrected chi connectivity index (χ0v) is 10.4. The molecule has 0 spiro atoms. The zero-order chi connectivity index (χ0) is 15.3. The van der Waals surface area contributed by atoms with Crippen LogP contribution in [0.25, 0.3) is 0 Å². The Labute approximate surface area is 113 Å². The van der Waals surface area contributed by atoms with Crippen LogP contribution in [0.5, 0.6) is 0 Å². The van der Waals surface area contributed by atoms with Crippen LogP contribution in [0.3, 0.4) is 0 Å². The number of primary amides is 1. The highest BCUT2D eigenvalue weighted by molar-refractivity contribution is 6.01. The van der Waals surface area contributed by atoms with E-state index in [1.807, 2.05) is 0 Å². The van der Waals surface area contributed by atoms with E-state index in [2.05, 4.69) is 5.32 Å². The Morgan fingerprint density at radius 3 is 2.60 bits per heavy atom. The lowest BCUT2D eigenvalue weighted by molar-refractivity contribution is -0.384. The number of nitrogens with one attached hydrogen (secondary N) is 1. The van der Waals surface area contributed by atoms with Crippen molar-refractivity contribution in [3.8, 4) is 0 Å². The second-order valence-corrected chi connectivity index (χ2v) is 3.94. The molecule has 0 radical (unpaired) electrons. The topological polar surface area (TPSA) is 141 Å². The van der Waals surface area contributed by atoms with Gasteiger partial charge in [-0.05, 0) is 12.5 Å². The van der Waals surface area contributed by atoms with Crippen molar-refractivity contribution < 1.29 is 18.9 Å². The first-order valence-corrected chi connectivity index (χ1v) is 5.63. The summed E-state index contributed by atoms with van der Waals surface area (Å²) >= 11 is 0. The minimum absolute atomic E-state index is 0.0627. The minimum atomic E-state index is -0.958. The van der Waals surface area contributed by atoms with Gasteiger partial charge < -0.3 is 16.8 Å². The molecule has 0 saturated carbocycles. The molecule has 1 rings (SSSR count). The highest BCUT2D eigenvalue weighted by Gasteiger charge is 2.23. The molecule has 1 aromatic rings. The maximum atomic E-state index is 13.5. The summed E-state index contributed by atoms with van der Waals surface area (Å²) in [5.41, 5.74) is 8.67. The molecule has 0 unspecified atom stereocenters. The Morgan fingerprint density at radius 2 is 2.05 bits per heavy atom. The third-order valence-corrected chi connectivity index (χ3v) is 2.48. The zero-order valence-electron chi connectivity index (χ0n) is 10.4. The van der Waals surface area contributed by atoms with Crippen molar-refractivity contribution in [2.75, 3.05) is 12.3 Å². The highest BCUT2D eigenvalue weighted by atomic mass is 19.1. The summed E-state index contributed by atoms with van der Waals surface area (Å²) in [6.07, 6.45) is 0.338. The molecular weight excluding hydrogens is 271 g/mol. The van der Waals surface area contributed by atoms with E-state index in [1.165, 1.54) is 0 Å². The van der Waals surface area contributed by atoms with Gasteiger partial charge >= 0.3 is 0 Å². The van der Waals surface area contributed by atoms with Crippen molar-refractivity contribution >= 4 is 23.2 Å². The molecule has 8 nitrogen and oxygen atoms in total. The number of carbonyl (C=O) groups is 2. The number of nitrogen functional groups attached to an aromatic ring is 1. The van der Waals surface area contributed by atoms with Gasteiger partial charge in [0.25, 0.3) is 11.6 Å². The molecule has 1 aromatic carbocycles. The van der Waals surface area contributed by atoms with Gasteiger partial charge in [0, 0.05) is 19.0 Å². The lowest BCUT2D eigenvalue weighted by atomic mass is 10.1. The third-order valence-electron chi connectivity index (χ3n) is 2.48. The van der Waals surface area contributed by atoms with Gasteiger partial charge in [0.15, 0.2) is 0 Å². The molecule has 5 N–H and O–H groups in total. The molecule has 9 heteroatoms. The number of nitrogens with two attached hydrogens (primary N) is 2. The Balaban J connectivity index is 2.84. The Kier molecular flexibility index (Phi) is 4.95. The maximum Gasteiger partial charge on any atom is 0.293 e. The Morgan fingerprint density at radius 1 is 1.40 bits per heavy atom. The number of benzene rings is 1. The predicted molar refractivity (Wildman–Crippen MR) is 68.2 cm³/mol. The van der Waals surface area contributed by atoms with E-state index in [0.717, 1.165) is 12.1 Å². The first-order valence-electron chi connectivity index (χ1n) is 5.63. The number of nitro benzene ring substituents is 1. The molecule has 2 amide bonds. The second-order valence-electron chi connectivity index (χ2n) is 3.94. The fraction of sp³-hybridized carbons (Fsp3) is 0.273. The van der Waals surface area contributed by atoms with Crippen molar-refractivity contribution in [3.63, 3.8) is 0 Å². The molecule has 20 heavy (non-hydrogen) atoms. The summed E-state index contributed by atoms with van der Waals surface area (Å²) in [6, 6.07) is 1.68. The quantitative estimate of drug-likeness (QED) is 0.298. The molecule has 0 bridgehead atoms. The molecule has 0 fully saturated rings. The molecule has 0 saturated heterocycles. The monoisotopic (exact) mass is 284 g/mol. The summed E-state index contributed by atoms with van der Waals surface area (Å²) in [5.74, 6) is -2.37.